The van der Waals surface area contributed by atoms with Crippen LogP contribution in [0.1, 0.15) is 18.9 Å². The van der Waals surface area contributed by atoms with Crippen molar-refractivity contribution in [2.45, 2.75) is 31.5 Å². The van der Waals surface area contributed by atoms with Gasteiger partial charge in [0.1, 0.15) is 0 Å². The average molecular weight is 347 g/mol. The maximum atomic E-state index is 12.4. The van der Waals surface area contributed by atoms with Crippen LogP contribution >= 0.6 is 11.8 Å². The largest absolute Gasteiger partial charge is 0.375 e. The molecule has 1 fully saturated rings. The summed E-state index contributed by atoms with van der Waals surface area (Å²) in [5.74, 6) is 0.420. The van der Waals surface area contributed by atoms with Crippen molar-refractivity contribution in [2.24, 2.45) is 0 Å². The highest BCUT2D eigenvalue weighted by atomic mass is 32.2. The van der Waals surface area contributed by atoms with Crippen LogP contribution in [0.25, 0.3) is 5.69 Å². The fourth-order valence-electron chi connectivity index (χ4n) is 2.53. The van der Waals surface area contributed by atoms with E-state index in [-0.39, 0.29) is 12.0 Å². The molecule has 1 saturated heterocycles. The lowest BCUT2D eigenvalue weighted by Gasteiger charge is -2.32. The molecule has 1 amide bonds. The van der Waals surface area contributed by atoms with Gasteiger partial charge in [0.2, 0.25) is 11.1 Å². The zero-order chi connectivity index (χ0) is 16.9. The Morgan fingerprint density at radius 2 is 2.17 bits per heavy atom. The van der Waals surface area contributed by atoms with E-state index in [1.54, 1.807) is 4.68 Å². The lowest BCUT2D eigenvalue weighted by molar-refractivity contribution is -0.135. The van der Waals surface area contributed by atoms with E-state index in [0.717, 1.165) is 12.1 Å². The maximum Gasteiger partial charge on any atom is 0.233 e. The Labute approximate surface area is 145 Å². The van der Waals surface area contributed by atoms with Crippen molar-refractivity contribution in [2.75, 3.05) is 25.4 Å². The molecule has 24 heavy (non-hydrogen) atoms. The highest BCUT2D eigenvalue weighted by molar-refractivity contribution is 7.99. The van der Waals surface area contributed by atoms with Crippen molar-refractivity contribution in [3.05, 3.63) is 29.8 Å². The van der Waals surface area contributed by atoms with Gasteiger partial charge in [0.05, 0.1) is 24.2 Å². The number of aromatic nitrogens is 4. The summed E-state index contributed by atoms with van der Waals surface area (Å²) in [4.78, 5) is 14.3. The van der Waals surface area contributed by atoms with Crippen LogP contribution in [-0.4, -0.2) is 62.6 Å². The van der Waals surface area contributed by atoms with Gasteiger partial charge in [-0.2, -0.15) is 4.68 Å². The molecule has 3 rings (SSSR count). The minimum atomic E-state index is 0.0974. The number of aryl methyl sites for hydroxylation is 1. The number of carbonyl (C=O) groups is 1. The van der Waals surface area contributed by atoms with Crippen molar-refractivity contribution >= 4 is 17.7 Å². The van der Waals surface area contributed by atoms with Crippen LogP contribution in [0.5, 0.6) is 0 Å². The lowest BCUT2D eigenvalue weighted by Crippen LogP contribution is -2.46. The molecule has 0 radical (unpaired) electrons. The summed E-state index contributed by atoms with van der Waals surface area (Å²) < 4.78 is 7.27. The molecule has 0 spiro atoms. The van der Waals surface area contributed by atoms with E-state index >= 15 is 0 Å². The number of nitrogens with zero attached hydrogens (tertiary/aromatic N) is 5. The number of benzene rings is 1. The first kappa shape index (κ1) is 16.9. The average Bonchev–Trinajstić information content (AvgIpc) is 3.09. The summed E-state index contributed by atoms with van der Waals surface area (Å²) in [5, 5.41) is 12.4. The van der Waals surface area contributed by atoms with Gasteiger partial charge in [-0.25, -0.2) is 0 Å². The lowest BCUT2D eigenvalue weighted by atomic mass is 10.2. The van der Waals surface area contributed by atoms with Crippen LogP contribution in [0.2, 0.25) is 0 Å². The highest BCUT2D eigenvalue weighted by Crippen LogP contribution is 2.19. The van der Waals surface area contributed by atoms with Crippen molar-refractivity contribution < 1.29 is 9.53 Å². The van der Waals surface area contributed by atoms with Gasteiger partial charge in [0.25, 0.3) is 0 Å². The van der Waals surface area contributed by atoms with Crippen LogP contribution in [0, 0.1) is 6.92 Å². The van der Waals surface area contributed by atoms with Gasteiger partial charge in [0, 0.05) is 13.1 Å². The van der Waals surface area contributed by atoms with Crippen molar-refractivity contribution in [3.8, 4) is 5.69 Å². The zero-order valence-corrected chi connectivity index (χ0v) is 14.7. The number of amides is 1. The number of morpholine rings is 1. The minimum Gasteiger partial charge on any atom is -0.375 e. The first-order chi connectivity index (χ1) is 11.7. The standard InChI is InChI=1S/C16H21N5O2S/c1-3-14-10-20(8-9-23-14)15(22)11-24-16-17-18-19-21(16)13-6-4-12(2)5-7-13/h4-7,14H,3,8-11H2,1-2H3/t14-/m1/s1. The molecule has 0 saturated carbocycles. The fourth-order valence-corrected chi connectivity index (χ4v) is 3.32. The molecule has 0 N–H and O–H groups in total. The number of rotatable bonds is 5. The summed E-state index contributed by atoms with van der Waals surface area (Å²) >= 11 is 1.36. The molecule has 0 aliphatic carbocycles. The van der Waals surface area contributed by atoms with E-state index in [1.165, 1.54) is 17.3 Å². The molecular formula is C16H21N5O2S. The monoisotopic (exact) mass is 347 g/mol. The molecule has 1 atom stereocenters. The molecule has 2 aromatic rings. The van der Waals surface area contributed by atoms with Crippen molar-refractivity contribution in [1.82, 2.24) is 25.1 Å². The van der Waals surface area contributed by atoms with E-state index in [4.69, 9.17) is 4.74 Å². The van der Waals surface area contributed by atoms with Crippen molar-refractivity contribution in [3.63, 3.8) is 0 Å². The van der Waals surface area contributed by atoms with Gasteiger partial charge in [-0.05, 0) is 35.9 Å². The van der Waals surface area contributed by atoms with E-state index in [2.05, 4.69) is 22.4 Å². The minimum absolute atomic E-state index is 0.0974. The molecule has 1 aliphatic rings. The van der Waals surface area contributed by atoms with Crippen LogP contribution in [-0.2, 0) is 9.53 Å². The van der Waals surface area contributed by atoms with Crippen LogP contribution in [0.4, 0.5) is 0 Å². The van der Waals surface area contributed by atoms with E-state index in [0.29, 0.717) is 30.6 Å². The fraction of sp³-hybridized carbons (Fsp3) is 0.500. The summed E-state index contributed by atoms with van der Waals surface area (Å²) in [6, 6.07) is 7.95. The molecule has 128 valence electrons. The number of tetrazole rings is 1. The van der Waals surface area contributed by atoms with Gasteiger partial charge in [-0.15, -0.1) is 5.10 Å². The molecule has 2 heterocycles. The van der Waals surface area contributed by atoms with Gasteiger partial charge >= 0.3 is 0 Å². The van der Waals surface area contributed by atoms with Crippen LogP contribution < -0.4 is 0 Å². The van der Waals surface area contributed by atoms with Gasteiger partial charge in [-0.1, -0.05) is 36.4 Å². The number of carbonyl (C=O) groups excluding carboxylic acids is 1. The summed E-state index contributed by atoms with van der Waals surface area (Å²) in [7, 11) is 0. The Morgan fingerprint density at radius 3 is 2.92 bits per heavy atom. The highest BCUT2D eigenvalue weighted by Gasteiger charge is 2.23. The van der Waals surface area contributed by atoms with E-state index in [1.807, 2.05) is 36.1 Å². The predicted octanol–water partition coefficient (Wildman–Crippen LogP) is 1.70. The normalized spacial score (nSPS) is 17.9. The Bertz CT molecular complexity index is 688. The Hall–Kier alpha value is -1.93. The number of thioether (sulfide) groups is 1. The molecule has 1 aromatic heterocycles. The van der Waals surface area contributed by atoms with Gasteiger partial charge < -0.3 is 9.64 Å². The summed E-state index contributed by atoms with van der Waals surface area (Å²) in [6.45, 7) is 6.03. The number of hydrogen-bond acceptors (Lipinski definition) is 6. The third kappa shape index (κ3) is 3.93. The second kappa shape index (κ2) is 7.76. The maximum absolute atomic E-state index is 12.4. The molecule has 7 nitrogen and oxygen atoms in total. The molecule has 8 heteroatoms. The van der Waals surface area contributed by atoms with Crippen LogP contribution in [0.3, 0.4) is 0 Å². The zero-order valence-electron chi connectivity index (χ0n) is 13.9. The smallest absolute Gasteiger partial charge is 0.233 e. The Balaban J connectivity index is 1.62. The van der Waals surface area contributed by atoms with E-state index in [9.17, 15) is 4.79 Å². The molecule has 1 aromatic carbocycles. The first-order valence-corrected chi connectivity index (χ1v) is 9.03. The van der Waals surface area contributed by atoms with Gasteiger partial charge in [0.15, 0.2) is 0 Å². The first-order valence-electron chi connectivity index (χ1n) is 8.05. The number of ether oxygens (including phenoxy) is 1. The predicted molar refractivity (Wildman–Crippen MR) is 91.2 cm³/mol. The van der Waals surface area contributed by atoms with Gasteiger partial charge in [-0.3, -0.25) is 4.79 Å². The third-order valence-corrected chi connectivity index (χ3v) is 4.90. The quantitative estimate of drug-likeness (QED) is 0.767. The SMILES string of the molecule is CC[C@@H]1CN(C(=O)CSc2nnnn2-c2ccc(C)cc2)CCO1. The summed E-state index contributed by atoms with van der Waals surface area (Å²) in [5.41, 5.74) is 2.06. The Morgan fingerprint density at radius 1 is 1.38 bits per heavy atom. The van der Waals surface area contributed by atoms with Crippen LogP contribution in [0.15, 0.2) is 29.4 Å². The molecular weight excluding hydrogens is 326 g/mol. The second-order valence-electron chi connectivity index (χ2n) is 5.74. The van der Waals surface area contributed by atoms with E-state index < -0.39 is 0 Å². The molecule has 0 unspecified atom stereocenters. The Kier molecular flexibility index (Phi) is 5.47. The molecule has 1 aliphatic heterocycles. The molecule has 0 bridgehead atoms. The second-order valence-corrected chi connectivity index (χ2v) is 6.68. The topological polar surface area (TPSA) is 73.1 Å². The third-order valence-electron chi connectivity index (χ3n) is 3.99. The number of hydrogen-bond donors (Lipinski definition) is 0. The van der Waals surface area contributed by atoms with Crippen molar-refractivity contribution in [1.29, 1.82) is 0 Å². The summed E-state index contributed by atoms with van der Waals surface area (Å²) in [6.07, 6.45) is 1.06.